The Hall–Kier alpha value is -0.910. The largest absolute Gasteiger partial charge is 0.394 e. The van der Waals surface area contributed by atoms with E-state index in [0.29, 0.717) is 12.6 Å². The fourth-order valence-electron chi connectivity index (χ4n) is 2.03. The standard InChI is InChI=1S/C14H28N4O/c1-11(2)17(5)7-6-15-10-14-12(3)16-18(8-9-19)13(14)4/h11,15,19H,6-10H2,1-5H3. The molecule has 2 N–H and O–H groups in total. The van der Waals surface area contributed by atoms with Gasteiger partial charge in [0.05, 0.1) is 18.8 Å². The summed E-state index contributed by atoms with van der Waals surface area (Å²) in [4.78, 5) is 2.32. The molecule has 0 aliphatic carbocycles. The molecule has 5 nitrogen and oxygen atoms in total. The number of nitrogens with one attached hydrogen (secondary N) is 1. The van der Waals surface area contributed by atoms with Crippen LogP contribution in [-0.2, 0) is 13.1 Å². The molecule has 110 valence electrons. The maximum Gasteiger partial charge on any atom is 0.0644 e. The molecule has 0 amide bonds. The van der Waals surface area contributed by atoms with Crippen molar-refractivity contribution in [1.82, 2.24) is 20.0 Å². The lowest BCUT2D eigenvalue weighted by molar-refractivity contribution is 0.267. The predicted octanol–water partition coefficient (Wildman–Crippen LogP) is 0.922. The molecule has 0 unspecified atom stereocenters. The summed E-state index contributed by atoms with van der Waals surface area (Å²) in [6.07, 6.45) is 0. The van der Waals surface area contributed by atoms with E-state index in [1.54, 1.807) is 0 Å². The third kappa shape index (κ3) is 4.60. The highest BCUT2D eigenvalue weighted by Gasteiger charge is 2.10. The van der Waals surface area contributed by atoms with E-state index in [0.717, 1.165) is 31.0 Å². The van der Waals surface area contributed by atoms with Crippen LogP contribution in [0, 0.1) is 13.8 Å². The van der Waals surface area contributed by atoms with Gasteiger partial charge in [-0.2, -0.15) is 5.10 Å². The molecule has 19 heavy (non-hydrogen) atoms. The smallest absolute Gasteiger partial charge is 0.0644 e. The van der Waals surface area contributed by atoms with E-state index < -0.39 is 0 Å². The molecule has 1 rings (SSSR count). The molecule has 1 heterocycles. The predicted molar refractivity (Wildman–Crippen MR) is 78.3 cm³/mol. The van der Waals surface area contributed by atoms with Gasteiger partial charge in [0.15, 0.2) is 0 Å². The number of likely N-dealkylation sites (N-methyl/N-ethyl adjacent to an activating group) is 1. The van der Waals surface area contributed by atoms with Gasteiger partial charge in [-0.25, -0.2) is 0 Å². The van der Waals surface area contributed by atoms with Crippen molar-refractivity contribution < 1.29 is 5.11 Å². The lowest BCUT2D eigenvalue weighted by Crippen LogP contribution is -2.33. The van der Waals surface area contributed by atoms with Crippen LogP contribution in [0.3, 0.4) is 0 Å². The summed E-state index contributed by atoms with van der Waals surface area (Å²) in [7, 11) is 2.14. The second-order valence-corrected chi connectivity index (χ2v) is 5.35. The Morgan fingerprint density at radius 3 is 2.63 bits per heavy atom. The molecule has 0 saturated heterocycles. The number of rotatable bonds is 8. The summed E-state index contributed by atoms with van der Waals surface area (Å²) >= 11 is 0. The molecular weight excluding hydrogens is 240 g/mol. The summed E-state index contributed by atoms with van der Waals surface area (Å²) in [5.74, 6) is 0. The van der Waals surface area contributed by atoms with Crippen LogP contribution in [0.15, 0.2) is 0 Å². The van der Waals surface area contributed by atoms with Crippen LogP contribution >= 0.6 is 0 Å². The Bertz CT molecular complexity index is 387. The minimum Gasteiger partial charge on any atom is -0.394 e. The lowest BCUT2D eigenvalue weighted by Gasteiger charge is -2.20. The average molecular weight is 268 g/mol. The summed E-state index contributed by atoms with van der Waals surface area (Å²) in [5.41, 5.74) is 3.45. The van der Waals surface area contributed by atoms with Crippen LogP contribution in [0.2, 0.25) is 0 Å². The lowest BCUT2D eigenvalue weighted by atomic mass is 10.2. The first-order valence-corrected chi connectivity index (χ1v) is 7.02. The second-order valence-electron chi connectivity index (χ2n) is 5.35. The molecule has 1 aromatic rings. The van der Waals surface area contributed by atoms with Crippen molar-refractivity contribution in [1.29, 1.82) is 0 Å². The summed E-state index contributed by atoms with van der Waals surface area (Å²) < 4.78 is 1.88. The zero-order valence-electron chi connectivity index (χ0n) is 12.9. The Kier molecular flexibility index (Phi) is 6.48. The average Bonchev–Trinajstić information content (AvgIpc) is 2.61. The number of aliphatic hydroxyl groups excluding tert-OH is 1. The minimum absolute atomic E-state index is 0.133. The molecule has 0 fully saturated rings. The van der Waals surface area contributed by atoms with Gasteiger partial charge in [0.25, 0.3) is 0 Å². The van der Waals surface area contributed by atoms with Crippen LogP contribution in [-0.4, -0.2) is 52.6 Å². The Labute approximate surface area is 116 Å². The van der Waals surface area contributed by atoms with Gasteiger partial charge in [0.1, 0.15) is 0 Å². The van der Waals surface area contributed by atoms with Crippen molar-refractivity contribution >= 4 is 0 Å². The van der Waals surface area contributed by atoms with Gasteiger partial charge >= 0.3 is 0 Å². The molecule has 0 bridgehead atoms. The highest BCUT2D eigenvalue weighted by atomic mass is 16.3. The Morgan fingerprint density at radius 1 is 1.37 bits per heavy atom. The molecular formula is C14H28N4O. The normalized spacial score (nSPS) is 11.8. The van der Waals surface area contributed by atoms with Gasteiger partial charge in [0, 0.05) is 36.9 Å². The first-order chi connectivity index (χ1) is 8.97. The third-order valence-electron chi connectivity index (χ3n) is 3.67. The topological polar surface area (TPSA) is 53.3 Å². The quantitative estimate of drug-likeness (QED) is 0.689. The molecule has 0 spiro atoms. The number of aliphatic hydroxyl groups is 1. The zero-order valence-corrected chi connectivity index (χ0v) is 12.9. The van der Waals surface area contributed by atoms with Crippen molar-refractivity contribution in [2.75, 3.05) is 26.7 Å². The van der Waals surface area contributed by atoms with Crippen molar-refractivity contribution in [2.24, 2.45) is 0 Å². The SMILES string of the molecule is Cc1nn(CCO)c(C)c1CNCCN(C)C(C)C. The molecule has 0 saturated carbocycles. The monoisotopic (exact) mass is 268 g/mol. The van der Waals surface area contributed by atoms with Gasteiger partial charge in [-0.1, -0.05) is 0 Å². The molecule has 1 aromatic heterocycles. The maximum atomic E-state index is 8.99. The minimum atomic E-state index is 0.133. The van der Waals surface area contributed by atoms with Crippen molar-refractivity contribution in [2.45, 2.75) is 46.8 Å². The number of hydrogen-bond donors (Lipinski definition) is 2. The van der Waals surface area contributed by atoms with Crippen molar-refractivity contribution in [3.63, 3.8) is 0 Å². The fourth-order valence-corrected chi connectivity index (χ4v) is 2.03. The van der Waals surface area contributed by atoms with Crippen molar-refractivity contribution in [3.05, 3.63) is 17.0 Å². The van der Waals surface area contributed by atoms with E-state index in [4.69, 9.17) is 5.11 Å². The van der Waals surface area contributed by atoms with E-state index >= 15 is 0 Å². The van der Waals surface area contributed by atoms with Crippen LogP contribution in [0.4, 0.5) is 0 Å². The first kappa shape index (κ1) is 16.1. The summed E-state index contributed by atoms with van der Waals surface area (Å²) in [6, 6.07) is 0.581. The van der Waals surface area contributed by atoms with Crippen molar-refractivity contribution in [3.8, 4) is 0 Å². The third-order valence-corrected chi connectivity index (χ3v) is 3.67. The first-order valence-electron chi connectivity index (χ1n) is 7.02. The van der Waals surface area contributed by atoms with E-state index in [1.165, 1.54) is 5.56 Å². The van der Waals surface area contributed by atoms with Gasteiger partial charge in [0.2, 0.25) is 0 Å². The number of aryl methyl sites for hydroxylation is 1. The molecule has 0 aromatic carbocycles. The van der Waals surface area contributed by atoms with E-state index in [9.17, 15) is 0 Å². The van der Waals surface area contributed by atoms with Gasteiger partial charge in [-0.05, 0) is 34.7 Å². The highest BCUT2D eigenvalue weighted by Crippen LogP contribution is 2.12. The summed E-state index contributed by atoms with van der Waals surface area (Å²) in [6.45, 7) is 12.1. The molecule has 0 atom stereocenters. The van der Waals surface area contributed by atoms with Crippen LogP contribution in [0.5, 0.6) is 0 Å². The molecule has 5 heteroatoms. The zero-order chi connectivity index (χ0) is 14.4. The Balaban J connectivity index is 2.45. The van der Waals surface area contributed by atoms with E-state index in [1.807, 2.05) is 11.6 Å². The fraction of sp³-hybridized carbons (Fsp3) is 0.786. The van der Waals surface area contributed by atoms with Crippen LogP contribution in [0.25, 0.3) is 0 Å². The second kappa shape index (κ2) is 7.62. The molecule has 0 aliphatic rings. The van der Waals surface area contributed by atoms with Gasteiger partial charge in [-0.15, -0.1) is 0 Å². The number of nitrogens with zero attached hydrogens (tertiary/aromatic N) is 3. The number of hydrogen-bond acceptors (Lipinski definition) is 4. The van der Waals surface area contributed by atoms with Gasteiger partial charge < -0.3 is 15.3 Å². The van der Waals surface area contributed by atoms with Gasteiger partial charge in [-0.3, -0.25) is 4.68 Å². The molecule has 0 radical (unpaired) electrons. The highest BCUT2D eigenvalue weighted by molar-refractivity contribution is 5.24. The van der Waals surface area contributed by atoms with Crippen LogP contribution in [0.1, 0.15) is 30.8 Å². The molecule has 0 aliphatic heterocycles. The van der Waals surface area contributed by atoms with E-state index in [2.05, 4.69) is 43.1 Å². The Morgan fingerprint density at radius 2 is 2.05 bits per heavy atom. The van der Waals surface area contributed by atoms with E-state index in [-0.39, 0.29) is 6.61 Å². The van der Waals surface area contributed by atoms with Crippen LogP contribution < -0.4 is 5.32 Å². The number of aromatic nitrogens is 2. The maximum absolute atomic E-state index is 8.99. The summed E-state index contributed by atoms with van der Waals surface area (Å²) in [5, 5.41) is 16.9.